The minimum Gasteiger partial charge on any atom is -0.361 e. The quantitative estimate of drug-likeness (QED) is 0.833. The van der Waals surface area contributed by atoms with Crippen LogP contribution in [0, 0.1) is 25.2 Å². The zero-order valence-electron chi connectivity index (χ0n) is 15.4. The second kappa shape index (κ2) is 6.34. The lowest BCUT2D eigenvalue weighted by molar-refractivity contribution is -0.155. The van der Waals surface area contributed by atoms with E-state index in [0.29, 0.717) is 44.3 Å². The van der Waals surface area contributed by atoms with E-state index < -0.39 is 11.3 Å². The van der Waals surface area contributed by atoms with Crippen LogP contribution in [0.2, 0.25) is 0 Å². The molecular formula is C18H27F2N3O2. The molecule has 3 rings (SSSR count). The molecule has 1 aromatic rings. The van der Waals surface area contributed by atoms with Gasteiger partial charge in [0.05, 0.1) is 17.7 Å². The van der Waals surface area contributed by atoms with Gasteiger partial charge in [-0.2, -0.15) is 0 Å². The zero-order valence-corrected chi connectivity index (χ0v) is 15.4. The number of aromatic nitrogens is 1. The molecule has 140 valence electrons. The molecule has 0 bridgehead atoms. The number of halogens is 2. The van der Waals surface area contributed by atoms with Crippen molar-refractivity contribution in [1.82, 2.24) is 15.0 Å². The number of amides is 1. The molecule has 1 aromatic heterocycles. The number of piperidine rings is 1. The van der Waals surface area contributed by atoms with E-state index in [2.05, 4.69) is 5.16 Å². The van der Waals surface area contributed by atoms with Gasteiger partial charge in [-0.1, -0.05) is 19.0 Å². The summed E-state index contributed by atoms with van der Waals surface area (Å²) in [4.78, 5) is 16.4. The van der Waals surface area contributed by atoms with Gasteiger partial charge in [-0.25, -0.2) is 8.78 Å². The molecule has 2 fully saturated rings. The Morgan fingerprint density at radius 2 is 2.00 bits per heavy atom. The van der Waals surface area contributed by atoms with Crippen LogP contribution in [-0.2, 0) is 11.3 Å². The fourth-order valence-corrected chi connectivity index (χ4v) is 4.30. The van der Waals surface area contributed by atoms with Crippen molar-refractivity contribution in [3.05, 3.63) is 17.0 Å². The number of nitrogens with zero attached hydrogens (tertiary/aromatic N) is 3. The van der Waals surface area contributed by atoms with E-state index >= 15 is 0 Å². The van der Waals surface area contributed by atoms with Gasteiger partial charge in [0, 0.05) is 38.2 Å². The first-order chi connectivity index (χ1) is 11.6. The van der Waals surface area contributed by atoms with Gasteiger partial charge in [0.15, 0.2) is 0 Å². The Bertz CT molecular complexity index is 639. The lowest BCUT2D eigenvalue weighted by Gasteiger charge is -2.43. The molecule has 25 heavy (non-hydrogen) atoms. The van der Waals surface area contributed by atoms with Crippen LogP contribution < -0.4 is 0 Å². The second-order valence-electron chi connectivity index (χ2n) is 8.16. The van der Waals surface area contributed by atoms with Crippen LogP contribution in [-0.4, -0.2) is 53.0 Å². The molecule has 0 unspecified atom stereocenters. The lowest BCUT2D eigenvalue weighted by Crippen LogP contribution is -2.55. The second-order valence-corrected chi connectivity index (χ2v) is 8.16. The third-order valence-electron chi connectivity index (χ3n) is 5.33. The van der Waals surface area contributed by atoms with Crippen LogP contribution in [0.15, 0.2) is 4.52 Å². The molecule has 1 atom stereocenters. The summed E-state index contributed by atoms with van der Waals surface area (Å²) < 4.78 is 34.1. The largest absolute Gasteiger partial charge is 0.361 e. The van der Waals surface area contributed by atoms with Crippen molar-refractivity contribution < 1.29 is 18.1 Å². The van der Waals surface area contributed by atoms with Gasteiger partial charge in [0.1, 0.15) is 5.76 Å². The molecule has 7 heteroatoms. The van der Waals surface area contributed by atoms with Gasteiger partial charge in [-0.05, 0) is 26.2 Å². The topological polar surface area (TPSA) is 49.6 Å². The fourth-order valence-electron chi connectivity index (χ4n) is 4.30. The number of alkyl halides is 2. The zero-order chi connectivity index (χ0) is 18.4. The normalized spacial score (nSPS) is 27.0. The first-order valence-corrected chi connectivity index (χ1v) is 8.93. The van der Waals surface area contributed by atoms with Crippen molar-refractivity contribution in [1.29, 1.82) is 0 Å². The lowest BCUT2D eigenvalue weighted by atomic mass is 9.76. The molecule has 3 heterocycles. The van der Waals surface area contributed by atoms with E-state index in [9.17, 15) is 13.6 Å². The summed E-state index contributed by atoms with van der Waals surface area (Å²) in [6.45, 7) is 9.29. The van der Waals surface area contributed by atoms with E-state index in [1.165, 1.54) is 0 Å². The van der Waals surface area contributed by atoms with Crippen molar-refractivity contribution in [3.8, 4) is 0 Å². The molecule has 0 radical (unpaired) electrons. The highest BCUT2D eigenvalue weighted by Crippen LogP contribution is 2.46. The molecule has 2 aliphatic rings. The van der Waals surface area contributed by atoms with E-state index in [1.54, 1.807) is 16.7 Å². The summed E-state index contributed by atoms with van der Waals surface area (Å²) in [5, 5.41) is 3.90. The molecule has 0 aliphatic carbocycles. The third kappa shape index (κ3) is 3.57. The molecule has 0 aromatic carbocycles. The van der Waals surface area contributed by atoms with Gasteiger partial charge in [0.2, 0.25) is 5.91 Å². The van der Waals surface area contributed by atoms with E-state index in [4.69, 9.17) is 4.52 Å². The standard InChI is InChI=1S/C18H27F2N3O2/c1-12(2)7-23-6-5-17(16(23)24)9-18(19,20)11-22(10-17)8-15-13(3)21-25-14(15)4/h12H,5-11H2,1-4H3/t17-/m0/s1. The highest BCUT2D eigenvalue weighted by molar-refractivity contribution is 5.85. The number of carbonyl (C=O) groups is 1. The Balaban J connectivity index is 1.81. The van der Waals surface area contributed by atoms with Crippen molar-refractivity contribution >= 4 is 5.91 Å². The molecule has 5 nitrogen and oxygen atoms in total. The first-order valence-electron chi connectivity index (χ1n) is 8.93. The Hall–Kier alpha value is -1.50. The fraction of sp³-hybridized carbons (Fsp3) is 0.778. The summed E-state index contributed by atoms with van der Waals surface area (Å²) in [6, 6.07) is 0. The maximum absolute atomic E-state index is 14.5. The van der Waals surface area contributed by atoms with Crippen molar-refractivity contribution in [2.24, 2.45) is 11.3 Å². The SMILES string of the molecule is Cc1noc(C)c1CN1CC(F)(F)C[C@@]2(CCN(CC(C)C)C2=O)C1. The maximum Gasteiger partial charge on any atom is 0.261 e. The Kier molecular flexibility index (Phi) is 4.64. The van der Waals surface area contributed by atoms with Gasteiger partial charge in [-0.3, -0.25) is 9.69 Å². The number of likely N-dealkylation sites (tertiary alicyclic amines) is 2. The molecule has 2 saturated heterocycles. The predicted molar refractivity (Wildman–Crippen MR) is 89.3 cm³/mol. The maximum atomic E-state index is 14.5. The molecule has 1 amide bonds. The van der Waals surface area contributed by atoms with Crippen molar-refractivity contribution in [2.45, 2.75) is 53.0 Å². The van der Waals surface area contributed by atoms with Crippen LogP contribution in [0.25, 0.3) is 0 Å². The Morgan fingerprint density at radius 3 is 2.60 bits per heavy atom. The number of rotatable bonds is 4. The number of aryl methyl sites for hydroxylation is 2. The van der Waals surface area contributed by atoms with Crippen LogP contribution >= 0.6 is 0 Å². The molecular weight excluding hydrogens is 328 g/mol. The van der Waals surface area contributed by atoms with Gasteiger partial charge in [-0.15, -0.1) is 0 Å². The summed E-state index contributed by atoms with van der Waals surface area (Å²) in [5.74, 6) is -1.98. The molecule has 1 spiro atoms. The van der Waals surface area contributed by atoms with Gasteiger partial charge in [0.25, 0.3) is 5.92 Å². The number of hydrogen-bond acceptors (Lipinski definition) is 4. The average Bonchev–Trinajstić information content (AvgIpc) is 2.94. The number of carbonyl (C=O) groups excluding carboxylic acids is 1. The van der Waals surface area contributed by atoms with Gasteiger partial charge >= 0.3 is 0 Å². The molecule has 0 N–H and O–H groups in total. The minimum absolute atomic E-state index is 0.107. The Labute approximate surface area is 147 Å². The van der Waals surface area contributed by atoms with Gasteiger partial charge < -0.3 is 9.42 Å². The van der Waals surface area contributed by atoms with E-state index in [1.807, 2.05) is 20.8 Å². The van der Waals surface area contributed by atoms with Crippen LogP contribution in [0.1, 0.15) is 43.7 Å². The van der Waals surface area contributed by atoms with Crippen LogP contribution in [0.3, 0.4) is 0 Å². The monoisotopic (exact) mass is 355 g/mol. The number of hydrogen-bond donors (Lipinski definition) is 0. The van der Waals surface area contributed by atoms with E-state index in [0.717, 1.165) is 11.3 Å². The minimum atomic E-state index is -2.86. The van der Waals surface area contributed by atoms with Crippen molar-refractivity contribution in [3.63, 3.8) is 0 Å². The smallest absolute Gasteiger partial charge is 0.261 e. The average molecular weight is 355 g/mol. The summed E-state index contributed by atoms with van der Waals surface area (Å²) >= 11 is 0. The first kappa shape index (κ1) is 18.3. The highest BCUT2D eigenvalue weighted by atomic mass is 19.3. The van der Waals surface area contributed by atoms with Crippen LogP contribution in [0.4, 0.5) is 8.78 Å². The Morgan fingerprint density at radius 1 is 1.28 bits per heavy atom. The molecule has 2 aliphatic heterocycles. The summed E-state index contributed by atoms with van der Waals surface area (Å²) in [7, 11) is 0. The van der Waals surface area contributed by atoms with Crippen LogP contribution in [0.5, 0.6) is 0 Å². The third-order valence-corrected chi connectivity index (χ3v) is 5.33. The highest BCUT2D eigenvalue weighted by Gasteiger charge is 2.56. The molecule has 0 saturated carbocycles. The summed E-state index contributed by atoms with van der Waals surface area (Å²) in [6.07, 6.45) is 0.164. The van der Waals surface area contributed by atoms with Crippen molar-refractivity contribution in [2.75, 3.05) is 26.2 Å². The predicted octanol–water partition coefficient (Wildman–Crippen LogP) is 3.01. The summed E-state index contributed by atoms with van der Waals surface area (Å²) in [5.41, 5.74) is 0.604. The van der Waals surface area contributed by atoms with E-state index in [-0.39, 0.29) is 18.9 Å².